The quantitative estimate of drug-likeness (QED) is 0.763. The van der Waals surface area contributed by atoms with Crippen molar-refractivity contribution in [1.29, 1.82) is 5.26 Å². The third-order valence-corrected chi connectivity index (χ3v) is 3.47. The van der Waals surface area contributed by atoms with E-state index < -0.39 is 0 Å². The third-order valence-electron chi connectivity index (χ3n) is 3.47. The van der Waals surface area contributed by atoms with Gasteiger partial charge in [-0.05, 0) is 12.1 Å². The summed E-state index contributed by atoms with van der Waals surface area (Å²) in [5.41, 5.74) is 1.31. The molecule has 1 atom stereocenters. The Morgan fingerprint density at radius 1 is 1.50 bits per heavy atom. The monoisotopic (exact) mass is 243 g/mol. The van der Waals surface area contributed by atoms with Gasteiger partial charge in [-0.2, -0.15) is 5.26 Å². The average molecular weight is 243 g/mol. The molecule has 0 bridgehead atoms. The minimum Gasteiger partial charge on any atom is -0.365 e. The molecule has 2 saturated heterocycles. The van der Waals surface area contributed by atoms with Gasteiger partial charge < -0.3 is 15.1 Å². The van der Waals surface area contributed by atoms with Crippen LogP contribution in [0, 0.1) is 11.3 Å². The summed E-state index contributed by atoms with van der Waals surface area (Å²) in [5, 5.41) is 11.9. The summed E-state index contributed by atoms with van der Waals surface area (Å²) < 4.78 is 0. The van der Waals surface area contributed by atoms with Crippen LogP contribution in [0.1, 0.15) is 5.69 Å². The Bertz CT molecular complexity index is 523. The molecule has 18 heavy (non-hydrogen) atoms. The van der Waals surface area contributed by atoms with E-state index in [9.17, 15) is 4.79 Å². The molecule has 0 aliphatic carbocycles. The normalized spacial score (nSPS) is 22.4. The number of piperazine rings is 1. The van der Waals surface area contributed by atoms with Crippen molar-refractivity contribution < 1.29 is 4.79 Å². The Labute approximate surface area is 105 Å². The van der Waals surface area contributed by atoms with E-state index in [-0.39, 0.29) is 12.1 Å². The van der Waals surface area contributed by atoms with Gasteiger partial charge in [-0.15, -0.1) is 0 Å². The predicted octanol–water partition coefficient (Wildman–Crippen LogP) is 0.167. The molecule has 92 valence electrons. The zero-order valence-corrected chi connectivity index (χ0v) is 9.83. The van der Waals surface area contributed by atoms with Crippen LogP contribution in [0.3, 0.4) is 0 Å². The van der Waals surface area contributed by atoms with Gasteiger partial charge in [-0.1, -0.05) is 0 Å². The molecule has 3 heterocycles. The van der Waals surface area contributed by atoms with Crippen LogP contribution in [-0.4, -0.2) is 48.1 Å². The minimum atomic E-state index is 0.0198. The molecule has 0 aromatic carbocycles. The van der Waals surface area contributed by atoms with Crippen molar-refractivity contribution >= 4 is 11.7 Å². The third kappa shape index (κ3) is 1.64. The first kappa shape index (κ1) is 10.8. The van der Waals surface area contributed by atoms with Crippen LogP contribution in [0.5, 0.6) is 0 Å². The van der Waals surface area contributed by atoms with E-state index in [4.69, 9.17) is 5.26 Å². The Balaban J connectivity index is 1.83. The molecule has 0 spiro atoms. The standard InChI is InChI=1S/C12H13N5O/c13-6-10-11(2-1-3-14-10)16-4-5-17-9(8-16)7-15-12(17)18/h1-3,9H,4-5,7-8H2,(H,15,18). The highest BCUT2D eigenvalue weighted by atomic mass is 16.2. The maximum Gasteiger partial charge on any atom is 0.317 e. The number of anilines is 1. The number of carbonyl (C=O) groups excluding carboxylic acids is 1. The Kier molecular flexibility index (Phi) is 2.52. The van der Waals surface area contributed by atoms with Crippen molar-refractivity contribution in [2.75, 3.05) is 31.1 Å². The number of carbonyl (C=O) groups is 1. The molecule has 1 unspecified atom stereocenters. The number of fused-ring (bicyclic) bond motifs is 1. The molecule has 0 saturated carbocycles. The summed E-state index contributed by atoms with van der Waals surface area (Å²) in [6.45, 7) is 2.86. The fourth-order valence-electron chi connectivity index (χ4n) is 2.56. The van der Waals surface area contributed by atoms with Crippen LogP contribution in [0.4, 0.5) is 10.5 Å². The highest BCUT2D eigenvalue weighted by Crippen LogP contribution is 2.22. The van der Waals surface area contributed by atoms with Gasteiger partial charge in [0.1, 0.15) is 6.07 Å². The lowest BCUT2D eigenvalue weighted by Gasteiger charge is -2.37. The van der Waals surface area contributed by atoms with Crippen LogP contribution >= 0.6 is 0 Å². The van der Waals surface area contributed by atoms with E-state index in [1.165, 1.54) is 0 Å². The molecule has 2 fully saturated rings. The van der Waals surface area contributed by atoms with E-state index in [0.717, 1.165) is 18.8 Å². The zero-order valence-electron chi connectivity index (χ0n) is 9.83. The lowest BCUT2D eigenvalue weighted by atomic mass is 10.1. The number of pyridine rings is 1. The van der Waals surface area contributed by atoms with Gasteiger partial charge >= 0.3 is 6.03 Å². The van der Waals surface area contributed by atoms with Crippen molar-refractivity contribution in [3.8, 4) is 6.07 Å². The van der Waals surface area contributed by atoms with Crippen molar-refractivity contribution in [3.63, 3.8) is 0 Å². The molecule has 1 aromatic heterocycles. The summed E-state index contributed by atoms with van der Waals surface area (Å²) >= 11 is 0. The highest BCUT2D eigenvalue weighted by Gasteiger charge is 2.35. The maximum atomic E-state index is 11.5. The second kappa shape index (κ2) is 4.18. The molecule has 2 aliphatic heterocycles. The van der Waals surface area contributed by atoms with Crippen molar-refractivity contribution in [2.45, 2.75) is 6.04 Å². The van der Waals surface area contributed by atoms with Gasteiger partial charge in [0.05, 0.1) is 11.7 Å². The smallest absolute Gasteiger partial charge is 0.317 e. The number of urea groups is 1. The van der Waals surface area contributed by atoms with Gasteiger partial charge in [0, 0.05) is 32.4 Å². The Morgan fingerprint density at radius 3 is 3.22 bits per heavy atom. The van der Waals surface area contributed by atoms with Gasteiger partial charge in [0.15, 0.2) is 5.69 Å². The molecule has 1 aromatic rings. The Morgan fingerprint density at radius 2 is 2.39 bits per heavy atom. The summed E-state index contributed by atoms with van der Waals surface area (Å²) in [7, 11) is 0. The van der Waals surface area contributed by atoms with Crippen LogP contribution in [0.15, 0.2) is 18.3 Å². The Hall–Kier alpha value is -2.29. The van der Waals surface area contributed by atoms with Crippen molar-refractivity contribution in [2.24, 2.45) is 0 Å². The number of rotatable bonds is 1. The number of hydrogen-bond acceptors (Lipinski definition) is 4. The number of hydrogen-bond donors (Lipinski definition) is 1. The lowest BCUT2D eigenvalue weighted by Crippen LogP contribution is -2.52. The van der Waals surface area contributed by atoms with E-state index in [0.29, 0.717) is 18.8 Å². The van der Waals surface area contributed by atoms with Crippen molar-refractivity contribution in [3.05, 3.63) is 24.0 Å². The van der Waals surface area contributed by atoms with Gasteiger partial charge in [-0.3, -0.25) is 0 Å². The zero-order chi connectivity index (χ0) is 12.5. The van der Waals surface area contributed by atoms with E-state index in [2.05, 4.69) is 21.3 Å². The van der Waals surface area contributed by atoms with E-state index in [1.807, 2.05) is 17.0 Å². The fourth-order valence-corrected chi connectivity index (χ4v) is 2.56. The first-order chi connectivity index (χ1) is 8.79. The molecule has 3 rings (SSSR count). The first-order valence-electron chi connectivity index (χ1n) is 5.94. The van der Waals surface area contributed by atoms with E-state index in [1.54, 1.807) is 6.20 Å². The molecular weight excluding hydrogens is 230 g/mol. The highest BCUT2D eigenvalue weighted by molar-refractivity contribution is 5.77. The van der Waals surface area contributed by atoms with Gasteiger partial charge in [0.25, 0.3) is 0 Å². The van der Waals surface area contributed by atoms with Crippen LogP contribution in [0.2, 0.25) is 0 Å². The predicted molar refractivity (Wildman–Crippen MR) is 65.1 cm³/mol. The fraction of sp³-hybridized carbons (Fsp3) is 0.417. The SMILES string of the molecule is N#Cc1ncccc1N1CCN2C(=O)NCC2C1. The summed E-state index contributed by atoms with van der Waals surface area (Å²) in [5.74, 6) is 0. The lowest BCUT2D eigenvalue weighted by molar-refractivity contribution is 0.197. The topological polar surface area (TPSA) is 72.3 Å². The summed E-state index contributed by atoms with van der Waals surface area (Å²) in [6.07, 6.45) is 1.62. The minimum absolute atomic E-state index is 0.0198. The van der Waals surface area contributed by atoms with Crippen LogP contribution in [-0.2, 0) is 0 Å². The molecule has 1 N–H and O–H groups in total. The number of aromatic nitrogens is 1. The number of nitrogens with one attached hydrogen (secondary N) is 1. The molecular formula is C12H13N5O. The summed E-state index contributed by atoms with van der Waals surface area (Å²) in [4.78, 5) is 19.6. The van der Waals surface area contributed by atoms with Gasteiger partial charge in [-0.25, -0.2) is 9.78 Å². The molecule has 2 amide bonds. The van der Waals surface area contributed by atoms with Crippen LogP contribution < -0.4 is 10.2 Å². The second-order valence-corrected chi connectivity index (χ2v) is 4.46. The first-order valence-corrected chi connectivity index (χ1v) is 5.94. The number of nitrogens with zero attached hydrogens (tertiary/aromatic N) is 4. The molecule has 6 heteroatoms. The maximum absolute atomic E-state index is 11.5. The molecule has 0 radical (unpaired) electrons. The van der Waals surface area contributed by atoms with Gasteiger partial charge in [0.2, 0.25) is 0 Å². The second-order valence-electron chi connectivity index (χ2n) is 4.46. The largest absolute Gasteiger partial charge is 0.365 e. The average Bonchev–Trinajstić information content (AvgIpc) is 2.80. The number of nitriles is 1. The number of amides is 2. The van der Waals surface area contributed by atoms with E-state index >= 15 is 0 Å². The molecule has 6 nitrogen and oxygen atoms in total. The van der Waals surface area contributed by atoms with Crippen molar-refractivity contribution in [1.82, 2.24) is 15.2 Å². The van der Waals surface area contributed by atoms with Crippen LogP contribution in [0.25, 0.3) is 0 Å². The molecule has 2 aliphatic rings. The summed E-state index contributed by atoms with van der Waals surface area (Å²) in [6, 6.07) is 6.07.